The zero-order valence-electron chi connectivity index (χ0n) is 10.2. The smallest absolute Gasteiger partial charge is 0.215 e. The van der Waals surface area contributed by atoms with E-state index in [-0.39, 0.29) is 12.4 Å². The molecule has 1 aromatic carbocycles. The Morgan fingerprint density at radius 3 is 2.72 bits per heavy atom. The van der Waals surface area contributed by atoms with Crippen molar-refractivity contribution in [3.63, 3.8) is 0 Å². The van der Waals surface area contributed by atoms with Gasteiger partial charge < -0.3 is 14.9 Å². The molecule has 0 unspecified atom stereocenters. The Morgan fingerprint density at radius 1 is 1.28 bits per heavy atom. The summed E-state index contributed by atoms with van der Waals surface area (Å²) in [7, 11) is 1.57. The predicted molar refractivity (Wildman–Crippen MR) is 66.8 cm³/mol. The average Bonchev–Trinajstić information content (AvgIpc) is 2.75. The molecule has 1 aromatic heterocycles. The molecule has 18 heavy (non-hydrogen) atoms. The zero-order valence-corrected chi connectivity index (χ0v) is 10.2. The van der Waals surface area contributed by atoms with Gasteiger partial charge in [-0.05, 0) is 6.07 Å². The van der Waals surface area contributed by atoms with Gasteiger partial charge in [0.25, 0.3) is 0 Å². The molecule has 0 amide bonds. The van der Waals surface area contributed by atoms with Gasteiger partial charge in [-0.15, -0.1) is 0 Å². The molecule has 0 bridgehead atoms. The first kappa shape index (κ1) is 12.4. The van der Waals surface area contributed by atoms with Crippen LogP contribution in [0.4, 0.5) is 0 Å². The molecule has 96 valence electrons. The lowest BCUT2D eigenvalue weighted by molar-refractivity contribution is 0.295. The van der Waals surface area contributed by atoms with Crippen molar-refractivity contribution >= 4 is 0 Å². The van der Waals surface area contributed by atoms with Crippen LogP contribution in [0, 0.1) is 0 Å². The first-order chi connectivity index (χ1) is 8.76. The number of hydrogen-bond donors (Lipinski definition) is 2. The summed E-state index contributed by atoms with van der Waals surface area (Å²) in [5, 5.41) is 22.9. The van der Waals surface area contributed by atoms with E-state index < -0.39 is 0 Å². The van der Waals surface area contributed by atoms with Gasteiger partial charge in [-0.25, -0.2) is 4.68 Å². The third-order valence-corrected chi connectivity index (χ3v) is 2.75. The van der Waals surface area contributed by atoms with Crippen LogP contribution in [0.1, 0.15) is 11.1 Å². The maximum Gasteiger partial charge on any atom is 0.215 e. The second kappa shape index (κ2) is 5.55. The first-order valence-electron chi connectivity index (χ1n) is 5.72. The average molecular weight is 248 g/mol. The number of ether oxygens (including phenoxy) is 1. The van der Waals surface area contributed by atoms with Crippen LogP contribution in [-0.4, -0.2) is 33.7 Å². The fourth-order valence-electron chi connectivity index (χ4n) is 1.86. The Morgan fingerprint density at radius 2 is 2.06 bits per heavy atom. The Bertz CT molecular complexity index is 523. The van der Waals surface area contributed by atoms with Crippen molar-refractivity contribution in [2.24, 2.45) is 0 Å². The molecule has 0 spiro atoms. The predicted octanol–water partition coefficient (Wildman–Crippen LogP) is 1.18. The van der Waals surface area contributed by atoms with Crippen molar-refractivity contribution in [3.05, 3.63) is 41.6 Å². The van der Waals surface area contributed by atoms with Gasteiger partial charge in [0, 0.05) is 24.2 Å². The third-order valence-electron chi connectivity index (χ3n) is 2.75. The van der Waals surface area contributed by atoms with Crippen molar-refractivity contribution in [1.82, 2.24) is 9.78 Å². The van der Waals surface area contributed by atoms with Crippen LogP contribution in [0.5, 0.6) is 11.6 Å². The fraction of sp³-hybridized carbons (Fsp3) is 0.308. The van der Waals surface area contributed by atoms with Gasteiger partial charge in [-0.2, -0.15) is 5.10 Å². The second-order valence-corrected chi connectivity index (χ2v) is 3.94. The number of benzene rings is 1. The van der Waals surface area contributed by atoms with Crippen molar-refractivity contribution in [1.29, 1.82) is 0 Å². The molecule has 0 radical (unpaired) electrons. The summed E-state index contributed by atoms with van der Waals surface area (Å²) in [6.45, 7) is 0.486. The maximum atomic E-state index is 9.72. The standard InChI is InChI=1S/C13H16N2O3/c1-18-13-10(6-7-16)8-14-15(13)9-11-4-2-3-5-12(11)17/h2-5,8,16-17H,6-7,9H2,1H3. The van der Waals surface area contributed by atoms with E-state index in [0.29, 0.717) is 18.8 Å². The fourth-order valence-corrected chi connectivity index (χ4v) is 1.86. The van der Waals surface area contributed by atoms with Gasteiger partial charge in [0.2, 0.25) is 5.88 Å². The summed E-state index contributed by atoms with van der Waals surface area (Å²) in [5.74, 6) is 0.853. The van der Waals surface area contributed by atoms with Gasteiger partial charge in [0.1, 0.15) is 5.75 Å². The Labute approximate surface area is 105 Å². The zero-order chi connectivity index (χ0) is 13.0. The SMILES string of the molecule is COc1c(CCO)cnn1Cc1ccccc1O. The summed E-state index contributed by atoms with van der Waals surface area (Å²) in [4.78, 5) is 0. The quantitative estimate of drug-likeness (QED) is 0.833. The molecule has 0 saturated heterocycles. The number of aliphatic hydroxyl groups is 1. The van der Waals surface area contributed by atoms with E-state index >= 15 is 0 Å². The van der Waals surface area contributed by atoms with Crippen LogP contribution in [0.2, 0.25) is 0 Å². The highest BCUT2D eigenvalue weighted by Gasteiger charge is 2.12. The molecular formula is C13H16N2O3. The number of phenols is 1. The molecule has 0 aliphatic heterocycles. The largest absolute Gasteiger partial charge is 0.508 e. The minimum atomic E-state index is 0.0542. The second-order valence-electron chi connectivity index (χ2n) is 3.94. The normalized spacial score (nSPS) is 10.6. The van der Waals surface area contributed by atoms with Gasteiger partial charge >= 0.3 is 0 Å². The van der Waals surface area contributed by atoms with Gasteiger partial charge in [0.15, 0.2) is 0 Å². The van der Waals surface area contributed by atoms with E-state index in [1.165, 1.54) is 0 Å². The molecule has 5 heteroatoms. The van der Waals surface area contributed by atoms with E-state index in [1.54, 1.807) is 30.1 Å². The molecule has 0 fully saturated rings. The van der Waals surface area contributed by atoms with E-state index in [4.69, 9.17) is 9.84 Å². The number of hydrogen-bond acceptors (Lipinski definition) is 4. The number of aromatic hydroxyl groups is 1. The summed E-state index contributed by atoms with van der Waals surface area (Å²) in [6.07, 6.45) is 2.18. The molecule has 1 heterocycles. The minimum absolute atomic E-state index is 0.0542. The van der Waals surface area contributed by atoms with Gasteiger partial charge in [0.05, 0.1) is 19.9 Å². The van der Waals surface area contributed by atoms with Crippen LogP contribution in [0.15, 0.2) is 30.5 Å². The summed E-state index contributed by atoms with van der Waals surface area (Å²) in [5.41, 5.74) is 1.63. The molecule has 2 rings (SSSR count). The monoisotopic (exact) mass is 248 g/mol. The summed E-state index contributed by atoms with van der Waals surface area (Å²) < 4.78 is 6.96. The lowest BCUT2D eigenvalue weighted by atomic mass is 10.2. The minimum Gasteiger partial charge on any atom is -0.508 e. The Balaban J connectivity index is 2.27. The van der Waals surface area contributed by atoms with Crippen molar-refractivity contribution in [2.75, 3.05) is 13.7 Å². The Hall–Kier alpha value is -2.01. The number of phenolic OH excluding ortho intramolecular Hbond substituents is 1. The van der Waals surface area contributed by atoms with Crippen LogP contribution in [-0.2, 0) is 13.0 Å². The maximum absolute atomic E-state index is 9.72. The van der Waals surface area contributed by atoms with E-state index in [0.717, 1.165) is 11.1 Å². The van der Waals surface area contributed by atoms with Gasteiger partial charge in [-0.3, -0.25) is 0 Å². The third kappa shape index (κ3) is 2.46. The molecule has 2 N–H and O–H groups in total. The van der Waals surface area contributed by atoms with Crippen LogP contribution < -0.4 is 4.74 Å². The van der Waals surface area contributed by atoms with Crippen molar-refractivity contribution < 1.29 is 14.9 Å². The van der Waals surface area contributed by atoms with Gasteiger partial charge in [-0.1, -0.05) is 18.2 Å². The molecule has 0 atom stereocenters. The first-order valence-corrected chi connectivity index (χ1v) is 5.72. The number of para-hydroxylation sites is 1. The molecule has 5 nitrogen and oxygen atoms in total. The summed E-state index contributed by atoms with van der Waals surface area (Å²) >= 11 is 0. The van der Waals surface area contributed by atoms with E-state index in [9.17, 15) is 5.11 Å². The molecule has 0 aliphatic rings. The highest BCUT2D eigenvalue weighted by molar-refractivity contribution is 5.33. The van der Waals surface area contributed by atoms with E-state index in [1.807, 2.05) is 12.1 Å². The number of rotatable bonds is 5. The highest BCUT2D eigenvalue weighted by Crippen LogP contribution is 2.22. The molecule has 2 aromatic rings. The van der Waals surface area contributed by atoms with Crippen LogP contribution in [0.25, 0.3) is 0 Å². The molecule has 0 aliphatic carbocycles. The van der Waals surface area contributed by atoms with Crippen molar-refractivity contribution in [2.45, 2.75) is 13.0 Å². The number of nitrogens with zero attached hydrogens (tertiary/aromatic N) is 2. The lowest BCUT2D eigenvalue weighted by Crippen LogP contribution is -2.05. The number of aliphatic hydroxyl groups excluding tert-OH is 1. The molecular weight excluding hydrogens is 232 g/mol. The van der Waals surface area contributed by atoms with Crippen LogP contribution >= 0.6 is 0 Å². The van der Waals surface area contributed by atoms with E-state index in [2.05, 4.69) is 5.10 Å². The Kier molecular flexibility index (Phi) is 3.84. The van der Waals surface area contributed by atoms with Crippen LogP contribution in [0.3, 0.4) is 0 Å². The lowest BCUT2D eigenvalue weighted by Gasteiger charge is -2.09. The topological polar surface area (TPSA) is 67.5 Å². The summed E-state index contributed by atoms with van der Waals surface area (Å²) in [6, 6.07) is 7.11. The molecule has 0 saturated carbocycles. The highest BCUT2D eigenvalue weighted by atomic mass is 16.5. The van der Waals surface area contributed by atoms with Crippen molar-refractivity contribution in [3.8, 4) is 11.6 Å². The number of aromatic nitrogens is 2. The number of methoxy groups -OCH3 is 1.